The van der Waals surface area contributed by atoms with Crippen LogP contribution in [0.1, 0.15) is 13.3 Å². The first-order valence-corrected chi connectivity index (χ1v) is 12.7. The minimum absolute atomic E-state index is 0.104. The van der Waals surface area contributed by atoms with Crippen LogP contribution in [0, 0.1) is 11.6 Å². The van der Waals surface area contributed by atoms with Crippen molar-refractivity contribution < 1.29 is 13.6 Å². The van der Waals surface area contributed by atoms with Gasteiger partial charge in [0.05, 0.1) is 10.5 Å². The van der Waals surface area contributed by atoms with Crippen LogP contribution in [0.3, 0.4) is 0 Å². The Morgan fingerprint density at radius 3 is 2.77 bits per heavy atom. The van der Waals surface area contributed by atoms with Gasteiger partial charge in [-0.15, -0.1) is 11.8 Å². The zero-order chi connectivity index (χ0) is 24.9. The summed E-state index contributed by atoms with van der Waals surface area (Å²) in [6.07, 6.45) is 2.03. The first kappa shape index (κ1) is 23.8. The van der Waals surface area contributed by atoms with E-state index in [-0.39, 0.29) is 23.2 Å². The van der Waals surface area contributed by atoms with Crippen LogP contribution in [0.4, 0.5) is 14.6 Å². The molecule has 1 atom stereocenters. The molecule has 0 unspecified atom stereocenters. The molecule has 0 N–H and O–H groups in total. The van der Waals surface area contributed by atoms with Crippen molar-refractivity contribution in [2.75, 3.05) is 30.3 Å². The van der Waals surface area contributed by atoms with Crippen LogP contribution in [0.15, 0.2) is 46.6 Å². The molecule has 3 aromatic rings. The molecular formula is C25H23ClF2N4O2S. The number of benzene rings is 2. The van der Waals surface area contributed by atoms with Crippen LogP contribution in [-0.4, -0.2) is 51.8 Å². The lowest BCUT2D eigenvalue weighted by molar-refractivity contribution is -0.126. The second kappa shape index (κ2) is 9.28. The van der Waals surface area contributed by atoms with Gasteiger partial charge < -0.3 is 9.80 Å². The summed E-state index contributed by atoms with van der Waals surface area (Å²) in [5.41, 5.74) is 0.900. The smallest absolute Gasteiger partial charge is 0.350 e. The predicted octanol–water partition coefficient (Wildman–Crippen LogP) is 4.71. The number of carbonyl (C=O) groups excluding carboxylic acids is 1. The highest BCUT2D eigenvalue weighted by molar-refractivity contribution is 7.99. The fourth-order valence-corrected chi connectivity index (χ4v) is 6.43. The number of aromatic nitrogens is 2. The minimum Gasteiger partial charge on any atom is -0.350 e. The number of hydrogen-bond donors (Lipinski definition) is 0. The number of piperazine rings is 1. The van der Waals surface area contributed by atoms with Gasteiger partial charge >= 0.3 is 5.69 Å². The van der Waals surface area contributed by atoms with Gasteiger partial charge in [-0.1, -0.05) is 18.2 Å². The third-order valence-corrected chi connectivity index (χ3v) is 7.99. The Labute approximate surface area is 210 Å². The summed E-state index contributed by atoms with van der Waals surface area (Å²) < 4.78 is 30.1. The van der Waals surface area contributed by atoms with Gasteiger partial charge in [0.25, 0.3) is 0 Å². The SMILES string of the molecule is C=CC(=O)N1CCN(c2nc(=O)n3c4c(c(-c5ccc(F)cc5F)c(Cl)cc24)SCCC3)[C@@H](C)C1. The number of nitrogens with zero attached hydrogens (tertiary/aromatic N) is 4. The van der Waals surface area contributed by atoms with Gasteiger partial charge in [-0.2, -0.15) is 4.98 Å². The van der Waals surface area contributed by atoms with E-state index in [1.54, 1.807) is 15.5 Å². The summed E-state index contributed by atoms with van der Waals surface area (Å²) in [7, 11) is 0. The molecule has 1 amide bonds. The maximum absolute atomic E-state index is 14.8. The molecule has 5 rings (SSSR count). The lowest BCUT2D eigenvalue weighted by atomic mass is 10.0. The molecule has 1 fully saturated rings. The van der Waals surface area contributed by atoms with Gasteiger partial charge in [0.2, 0.25) is 5.91 Å². The molecule has 0 spiro atoms. The molecule has 0 saturated carbocycles. The number of anilines is 1. The summed E-state index contributed by atoms with van der Waals surface area (Å²) in [5.74, 6) is -0.319. The Hall–Kier alpha value is -2.91. The Bertz CT molecular complexity index is 1430. The van der Waals surface area contributed by atoms with Crippen LogP contribution >= 0.6 is 23.4 Å². The van der Waals surface area contributed by atoms with Crippen molar-refractivity contribution in [2.45, 2.75) is 30.8 Å². The fraction of sp³-hybridized carbons (Fsp3) is 0.320. The molecule has 2 aliphatic heterocycles. The predicted molar refractivity (Wildman–Crippen MR) is 135 cm³/mol. The molecule has 0 bridgehead atoms. The summed E-state index contributed by atoms with van der Waals surface area (Å²) in [6, 6.07) is 5.02. The van der Waals surface area contributed by atoms with E-state index in [4.69, 9.17) is 11.6 Å². The van der Waals surface area contributed by atoms with Gasteiger partial charge in [-0.25, -0.2) is 13.6 Å². The fourth-order valence-electron chi connectivity index (χ4n) is 4.87. The quantitative estimate of drug-likeness (QED) is 0.472. The van der Waals surface area contributed by atoms with Crippen molar-refractivity contribution in [3.05, 3.63) is 64.1 Å². The number of carbonyl (C=O) groups is 1. The maximum atomic E-state index is 14.8. The Morgan fingerprint density at radius 2 is 2.06 bits per heavy atom. The average Bonchev–Trinajstić information content (AvgIpc) is 3.05. The molecule has 0 radical (unpaired) electrons. The van der Waals surface area contributed by atoms with E-state index in [2.05, 4.69) is 11.6 Å². The topological polar surface area (TPSA) is 58.4 Å². The zero-order valence-electron chi connectivity index (χ0n) is 19.1. The van der Waals surface area contributed by atoms with E-state index in [0.29, 0.717) is 64.1 Å². The summed E-state index contributed by atoms with van der Waals surface area (Å²) in [6.45, 7) is 7.43. The third-order valence-electron chi connectivity index (χ3n) is 6.51. The summed E-state index contributed by atoms with van der Waals surface area (Å²) in [5, 5.41) is 0.995. The van der Waals surface area contributed by atoms with Crippen molar-refractivity contribution in [2.24, 2.45) is 0 Å². The highest BCUT2D eigenvalue weighted by Gasteiger charge is 2.31. The minimum atomic E-state index is -0.716. The van der Waals surface area contributed by atoms with E-state index in [1.165, 1.54) is 30.0 Å². The highest BCUT2D eigenvalue weighted by Crippen LogP contribution is 2.46. The van der Waals surface area contributed by atoms with Gasteiger partial charge in [0, 0.05) is 59.7 Å². The Balaban J connectivity index is 1.73. The van der Waals surface area contributed by atoms with Gasteiger partial charge in [-0.3, -0.25) is 9.36 Å². The zero-order valence-corrected chi connectivity index (χ0v) is 20.6. The second-order valence-electron chi connectivity index (χ2n) is 8.69. The van der Waals surface area contributed by atoms with Crippen molar-refractivity contribution in [3.8, 4) is 11.1 Å². The van der Waals surface area contributed by atoms with E-state index in [0.717, 1.165) is 12.5 Å². The molecule has 1 aromatic heterocycles. The van der Waals surface area contributed by atoms with Crippen molar-refractivity contribution in [1.82, 2.24) is 14.5 Å². The number of thioether (sulfide) groups is 1. The first-order chi connectivity index (χ1) is 16.8. The van der Waals surface area contributed by atoms with Gasteiger partial charge in [0.15, 0.2) is 0 Å². The Kier molecular flexibility index (Phi) is 6.31. The largest absolute Gasteiger partial charge is 0.350 e. The van der Waals surface area contributed by atoms with Crippen molar-refractivity contribution in [1.29, 1.82) is 0 Å². The van der Waals surface area contributed by atoms with Crippen molar-refractivity contribution in [3.63, 3.8) is 0 Å². The van der Waals surface area contributed by atoms with Gasteiger partial charge in [0.1, 0.15) is 17.5 Å². The third kappa shape index (κ3) is 4.10. The molecular weight excluding hydrogens is 494 g/mol. The van der Waals surface area contributed by atoms with Crippen LogP contribution in [-0.2, 0) is 11.3 Å². The highest BCUT2D eigenvalue weighted by atomic mass is 35.5. The number of halogens is 3. The van der Waals surface area contributed by atoms with Crippen molar-refractivity contribution >= 4 is 46.0 Å². The lowest BCUT2D eigenvalue weighted by Gasteiger charge is -2.40. The summed E-state index contributed by atoms with van der Waals surface area (Å²) >= 11 is 8.27. The molecule has 182 valence electrons. The van der Waals surface area contributed by atoms with Gasteiger partial charge in [-0.05, 0) is 43.4 Å². The lowest BCUT2D eigenvalue weighted by Crippen LogP contribution is -2.54. The van der Waals surface area contributed by atoms with Crippen LogP contribution < -0.4 is 10.6 Å². The maximum Gasteiger partial charge on any atom is 0.350 e. The van der Waals surface area contributed by atoms with Crippen LogP contribution in [0.5, 0.6) is 0 Å². The van der Waals surface area contributed by atoms with E-state index in [1.807, 2.05) is 11.8 Å². The van der Waals surface area contributed by atoms with E-state index < -0.39 is 11.6 Å². The molecule has 1 saturated heterocycles. The number of rotatable bonds is 3. The standard InChI is InChI=1S/C25H23ClF2N4O2S/c1-3-20(33)30-8-9-31(14(2)13-30)24-17-12-18(26)21(16-6-5-15(27)11-19(16)28)23-22(17)32(25(34)29-24)7-4-10-35-23/h3,5-6,11-12,14H,1,4,7-10,13H2,2H3/t14-/m0/s1. The molecule has 3 heterocycles. The number of aryl methyl sites for hydroxylation is 1. The van der Waals surface area contributed by atoms with E-state index >= 15 is 0 Å². The second-order valence-corrected chi connectivity index (χ2v) is 10.2. The average molecular weight is 517 g/mol. The molecule has 35 heavy (non-hydrogen) atoms. The number of amides is 1. The van der Waals surface area contributed by atoms with Crippen LogP contribution in [0.2, 0.25) is 5.02 Å². The molecule has 0 aliphatic carbocycles. The van der Waals surface area contributed by atoms with E-state index in [9.17, 15) is 18.4 Å². The molecule has 6 nitrogen and oxygen atoms in total. The normalized spacial score (nSPS) is 18.0. The first-order valence-electron chi connectivity index (χ1n) is 11.3. The summed E-state index contributed by atoms with van der Waals surface area (Å²) in [4.78, 5) is 34.2. The van der Waals surface area contributed by atoms with Crippen LogP contribution in [0.25, 0.3) is 22.0 Å². The molecule has 2 aromatic carbocycles. The molecule has 10 heteroatoms. The molecule has 2 aliphatic rings. The number of hydrogen-bond acceptors (Lipinski definition) is 5. The monoisotopic (exact) mass is 516 g/mol. The Morgan fingerprint density at radius 1 is 1.26 bits per heavy atom.